The summed E-state index contributed by atoms with van der Waals surface area (Å²) in [4.78, 5) is 12.0. The highest BCUT2D eigenvalue weighted by Gasteiger charge is 2.15. The average Bonchev–Trinajstić information content (AvgIpc) is 2.48. The van der Waals surface area contributed by atoms with Gasteiger partial charge in [-0.2, -0.15) is 0 Å². The van der Waals surface area contributed by atoms with Gasteiger partial charge in [-0.3, -0.25) is 4.79 Å². The molecule has 1 amide bonds. The van der Waals surface area contributed by atoms with E-state index in [9.17, 15) is 13.6 Å². The number of hydrogen-bond donors (Lipinski definition) is 1. The Hall–Kier alpha value is -2.43. The van der Waals surface area contributed by atoms with E-state index < -0.39 is 17.5 Å². The molecule has 5 heteroatoms. The second-order valence-corrected chi connectivity index (χ2v) is 4.43. The maximum Gasteiger partial charge on any atom is 0.258 e. The topological polar surface area (TPSA) is 38.3 Å². The van der Waals surface area contributed by atoms with Gasteiger partial charge in [0.05, 0.1) is 12.2 Å². The Balaban J connectivity index is 2.14. The molecule has 3 nitrogen and oxygen atoms in total. The summed E-state index contributed by atoms with van der Waals surface area (Å²) in [5, 5.41) is 2.52. The number of ether oxygens (including phenoxy) is 1. The van der Waals surface area contributed by atoms with Crippen molar-refractivity contribution in [2.24, 2.45) is 0 Å². The predicted molar refractivity (Wildman–Crippen MR) is 76.5 cm³/mol. The Morgan fingerprint density at radius 1 is 1.19 bits per heavy atom. The van der Waals surface area contributed by atoms with E-state index in [4.69, 9.17) is 4.74 Å². The van der Waals surface area contributed by atoms with Crippen LogP contribution in [0.2, 0.25) is 0 Å². The molecule has 2 aromatic carbocycles. The molecule has 0 heterocycles. The van der Waals surface area contributed by atoms with E-state index in [0.29, 0.717) is 18.0 Å². The molecule has 0 fully saturated rings. The molecule has 0 bridgehead atoms. The highest BCUT2D eigenvalue weighted by atomic mass is 19.2. The van der Waals surface area contributed by atoms with Crippen LogP contribution in [0.15, 0.2) is 42.5 Å². The van der Waals surface area contributed by atoms with Crippen LogP contribution in [0, 0.1) is 11.6 Å². The molecule has 0 saturated carbocycles. The summed E-state index contributed by atoms with van der Waals surface area (Å²) in [5.41, 5.74) is 0.118. The van der Waals surface area contributed by atoms with Crippen LogP contribution in [0.4, 0.5) is 14.5 Å². The highest BCUT2D eigenvalue weighted by molar-refractivity contribution is 6.04. The second kappa shape index (κ2) is 6.83. The number of hydrogen-bond acceptors (Lipinski definition) is 2. The van der Waals surface area contributed by atoms with Crippen LogP contribution in [0.1, 0.15) is 23.7 Å². The molecule has 0 saturated heterocycles. The third-order valence-electron chi connectivity index (χ3n) is 2.76. The quantitative estimate of drug-likeness (QED) is 0.904. The number of benzene rings is 2. The number of amides is 1. The van der Waals surface area contributed by atoms with E-state index in [1.807, 2.05) is 6.92 Å². The Labute approximate surface area is 121 Å². The number of carbonyl (C=O) groups is 1. The van der Waals surface area contributed by atoms with E-state index in [0.717, 1.165) is 12.5 Å². The summed E-state index contributed by atoms with van der Waals surface area (Å²) in [6.45, 7) is 2.55. The number of carbonyl (C=O) groups excluding carboxylic acids is 1. The monoisotopic (exact) mass is 291 g/mol. The van der Waals surface area contributed by atoms with E-state index in [2.05, 4.69) is 5.32 Å². The van der Waals surface area contributed by atoms with Gasteiger partial charge in [-0.15, -0.1) is 0 Å². The third-order valence-corrected chi connectivity index (χ3v) is 2.76. The van der Waals surface area contributed by atoms with Crippen molar-refractivity contribution in [2.75, 3.05) is 11.9 Å². The molecule has 2 rings (SSSR count). The molecule has 21 heavy (non-hydrogen) atoms. The molecule has 0 aliphatic heterocycles. The van der Waals surface area contributed by atoms with Crippen molar-refractivity contribution < 1.29 is 18.3 Å². The molecule has 0 aliphatic rings. The molecule has 0 radical (unpaired) electrons. The fourth-order valence-corrected chi connectivity index (χ4v) is 1.76. The summed E-state index contributed by atoms with van der Waals surface area (Å²) < 4.78 is 32.1. The number of rotatable bonds is 5. The molecular formula is C16H15F2NO2. The molecule has 0 spiro atoms. The van der Waals surface area contributed by atoms with Crippen molar-refractivity contribution in [3.05, 3.63) is 59.7 Å². The first-order chi connectivity index (χ1) is 10.1. The van der Waals surface area contributed by atoms with E-state index in [1.54, 1.807) is 24.3 Å². The van der Waals surface area contributed by atoms with Crippen LogP contribution in [0.3, 0.4) is 0 Å². The number of anilines is 1. The van der Waals surface area contributed by atoms with Crippen molar-refractivity contribution in [1.82, 2.24) is 0 Å². The standard InChI is InChI=1S/C16H15F2NO2/c1-2-9-21-12-6-3-5-11(10-12)19-16(20)13-7-4-8-14(17)15(13)18/h3-8,10H,2,9H2,1H3,(H,19,20). The molecule has 0 unspecified atom stereocenters. The SMILES string of the molecule is CCCOc1cccc(NC(=O)c2cccc(F)c2F)c1. The van der Waals surface area contributed by atoms with Gasteiger partial charge in [-0.05, 0) is 30.7 Å². The Bertz CT molecular complexity index is 644. The predicted octanol–water partition coefficient (Wildman–Crippen LogP) is 4.01. The lowest BCUT2D eigenvalue weighted by atomic mass is 10.2. The molecular weight excluding hydrogens is 276 g/mol. The summed E-state index contributed by atoms with van der Waals surface area (Å²) in [5.74, 6) is -2.31. The minimum absolute atomic E-state index is 0.338. The first-order valence-corrected chi connectivity index (χ1v) is 6.60. The van der Waals surface area contributed by atoms with Gasteiger partial charge < -0.3 is 10.1 Å². The van der Waals surface area contributed by atoms with Gasteiger partial charge in [0.1, 0.15) is 5.75 Å². The largest absolute Gasteiger partial charge is 0.494 e. The molecule has 0 aliphatic carbocycles. The molecule has 1 N–H and O–H groups in total. The Morgan fingerprint density at radius 2 is 1.95 bits per heavy atom. The fraction of sp³-hybridized carbons (Fsp3) is 0.188. The maximum absolute atomic E-state index is 13.5. The average molecular weight is 291 g/mol. The van der Waals surface area contributed by atoms with Crippen molar-refractivity contribution in [2.45, 2.75) is 13.3 Å². The van der Waals surface area contributed by atoms with Gasteiger partial charge in [-0.1, -0.05) is 19.1 Å². The molecule has 0 aromatic heterocycles. The second-order valence-electron chi connectivity index (χ2n) is 4.43. The van der Waals surface area contributed by atoms with Crippen LogP contribution in [0.5, 0.6) is 5.75 Å². The Morgan fingerprint density at radius 3 is 2.71 bits per heavy atom. The first-order valence-electron chi connectivity index (χ1n) is 6.60. The van der Waals surface area contributed by atoms with Gasteiger partial charge in [0.2, 0.25) is 0 Å². The van der Waals surface area contributed by atoms with Crippen LogP contribution < -0.4 is 10.1 Å². The molecule has 110 valence electrons. The van der Waals surface area contributed by atoms with Gasteiger partial charge in [-0.25, -0.2) is 8.78 Å². The highest BCUT2D eigenvalue weighted by Crippen LogP contribution is 2.19. The van der Waals surface area contributed by atoms with E-state index in [-0.39, 0.29) is 5.56 Å². The van der Waals surface area contributed by atoms with Crippen molar-refractivity contribution in [1.29, 1.82) is 0 Å². The Kier molecular flexibility index (Phi) is 4.87. The zero-order chi connectivity index (χ0) is 15.2. The lowest BCUT2D eigenvalue weighted by molar-refractivity contribution is 0.102. The molecule has 2 aromatic rings. The lowest BCUT2D eigenvalue weighted by Gasteiger charge is -2.09. The maximum atomic E-state index is 13.5. The summed E-state index contributed by atoms with van der Waals surface area (Å²) in [6.07, 6.45) is 0.866. The lowest BCUT2D eigenvalue weighted by Crippen LogP contribution is -2.14. The van der Waals surface area contributed by atoms with E-state index in [1.165, 1.54) is 12.1 Å². The van der Waals surface area contributed by atoms with E-state index >= 15 is 0 Å². The minimum atomic E-state index is -1.16. The summed E-state index contributed by atoms with van der Waals surface area (Å²) >= 11 is 0. The van der Waals surface area contributed by atoms with Crippen molar-refractivity contribution in [3.63, 3.8) is 0 Å². The van der Waals surface area contributed by atoms with Crippen LogP contribution in [-0.4, -0.2) is 12.5 Å². The summed E-state index contributed by atoms with van der Waals surface area (Å²) in [7, 11) is 0. The third kappa shape index (κ3) is 3.78. The molecule has 0 atom stereocenters. The smallest absolute Gasteiger partial charge is 0.258 e. The zero-order valence-corrected chi connectivity index (χ0v) is 11.5. The van der Waals surface area contributed by atoms with Crippen molar-refractivity contribution in [3.8, 4) is 5.75 Å². The number of halogens is 2. The zero-order valence-electron chi connectivity index (χ0n) is 11.5. The minimum Gasteiger partial charge on any atom is -0.494 e. The van der Waals surface area contributed by atoms with Crippen LogP contribution in [-0.2, 0) is 0 Å². The van der Waals surface area contributed by atoms with Crippen LogP contribution in [0.25, 0.3) is 0 Å². The normalized spacial score (nSPS) is 10.2. The van der Waals surface area contributed by atoms with Gasteiger partial charge in [0.25, 0.3) is 5.91 Å². The van der Waals surface area contributed by atoms with Crippen molar-refractivity contribution >= 4 is 11.6 Å². The van der Waals surface area contributed by atoms with Gasteiger partial charge >= 0.3 is 0 Å². The van der Waals surface area contributed by atoms with Crippen LogP contribution >= 0.6 is 0 Å². The van der Waals surface area contributed by atoms with Gasteiger partial charge in [0.15, 0.2) is 11.6 Å². The first kappa shape index (κ1) is 15.0. The fourth-order valence-electron chi connectivity index (χ4n) is 1.76. The summed E-state index contributed by atoms with van der Waals surface area (Å²) in [6, 6.07) is 10.2. The van der Waals surface area contributed by atoms with Gasteiger partial charge in [0, 0.05) is 11.8 Å². The number of nitrogens with one attached hydrogen (secondary N) is 1.